The second-order valence-electron chi connectivity index (χ2n) is 11.5. The van der Waals surface area contributed by atoms with Crippen LogP contribution in [0.25, 0.3) is 0 Å². The van der Waals surface area contributed by atoms with Gasteiger partial charge in [-0.15, -0.1) is 0 Å². The van der Waals surface area contributed by atoms with Crippen molar-refractivity contribution in [2.75, 3.05) is 41.3 Å². The van der Waals surface area contributed by atoms with Gasteiger partial charge in [-0.3, -0.25) is 4.79 Å². The highest BCUT2D eigenvalue weighted by molar-refractivity contribution is 5.94. The maximum atomic E-state index is 12.9. The summed E-state index contributed by atoms with van der Waals surface area (Å²) in [6, 6.07) is 8.33. The van der Waals surface area contributed by atoms with Gasteiger partial charge < -0.3 is 24.8 Å². The Hall–Kier alpha value is -3.36. The zero-order valence-electron chi connectivity index (χ0n) is 22.5. The largest absolute Gasteiger partial charge is 0.444 e. The number of nitrogens with zero attached hydrogens (tertiary/aromatic N) is 5. The highest BCUT2D eigenvalue weighted by atomic mass is 16.6. The van der Waals surface area contributed by atoms with Crippen LogP contribution in [0.1, 0.15) is 59.1 Å². The van der Waals surface area contributed by atoms with Crippen LogP contribution in [0, 0.1) is 11.8 Å². The van der Waals surface area contributed by atoms with Crippen LogP contribution in [0.2, 0.25) is 0 Å². The van der Waals surface area contributed by atoms with Crippen molar-refractivity contribution >= 4 is 29.3 Å². The quantitative estimate of drug-likeness (QED) is 0.654. The number of ether oxygens (including phenoxy) is 1. The van der Waals surface area contributed by atoms with Gasteiger partial charge in [-0.2, -0.15) is 0 Å². The number of carbonyl (C=O) groups is 2. The number of aromatic nitrogens is 2. The smallest absolute Gasteiger partial charge is 0.410 e. The summed E-state index contributed by atoms with van der Waals surface area (Å²) in [4.78, 5) is 40.4. The van der Waals surface area contributed by atoms with Crippen molar-refractivity contribution < 1.29 is 14.3 Å². The number of anilines is 3. The van der Waals surface area contributed by atoms with Gasteiger partial charge in [-0.05, 0) is 63.8 Å². The Labute approximate surface area is 219 Å². The lowest BCUT2D eigenvalue weighted by Crippen LogP contribution is -2.51. The van der Waals surface area contributed by atoms with Crippen LogP contribution in [0.5, 0.6) is 0 Å². The molecular weight excluding hydrogens is 468 g/mol. The van der Waals surface area contributed by atoms with E-state index in [0.29, 0.717) is 38.0 Å². The molecule has 198 valence electrons. The molecule has 0 spiro atoms. The minimum absolute atomic E-state index is 0.0263. The van der Waals surface area contributed by atoms with Crippen LogP contribution < -0.4 is 15.1 Å². The monoisotopic (exact) mass is 506 g/mol. The van der Waals surface area contributed by atoms with Gasteiger partial charge in [0.05, 0.1) is 6.04 Å². The fraction of sp³-hybridized carbons (Fsp3) is 0.571. The Morgan fingerprint density at radius 2 is 1.73 bits per heavy atom. The third kappa shape index (κ3) is 5.36. The average Bonchev–Trinajstić information content (AvgIpc) is 3.70. The number of fused-ring (bicyclic) bond motifs is 1. The predicted octanol–water partition coefficient (Wildman–Crippen LogP) is 4.47. The minimum Gasteiger partial charge on any atom is -0.444 e. The first-order chi connectivity index (χ1) is 17.6. The van der Waals surface area contributed by atoms with E-state index in [1.54, 1.807) is 24.2 Å². The molecule has 5 rings (SSSR count). The Balaban J connectivity index is 1.42. The van der Waals surface area contributed by atoms with E-state index in [-0.39, 0.29) is 30.0 Å². The summed E-state index contributed by atoms with van der Waals surface area (Å²) in [5, 5.41) is 3.58. The van der Waals surface area contributed by atoms with Crippen molar-refractivity contribution in [1.29, 1.82) is 0 Å². The van der Waals surface area contributed by atoms with Crippen molar-refractivity contribution in [1.82, 2.24) is 14.9 Å². The summed E-state index contributed by atoms with van der Waals surface area (Å²) >= 11 is 0. The predicted molar refractivity (Wildman–Crippen MR) is 144 cm³/mol. The van der Waals surface area contributed by atoms with Gasteiger partial charge in [0, 0.05) is 74.4 Å². The van der Waals surface area contributed by atoms with Crippen LogP contribution in [0.4, 0.5) is 22.1 Å². The molecule has 2 fully saturated rings. The van der Waals surface area contributed by atoms with E-state index in [1.807, 2.05) is 31.7 Å². The summed E-state index contributed by atoms with van der Waals surface area (Å²) in [6.07, 6.45) is 5.53. The van der Waals surface area contributed by atoms with Gasteiger partial charge in [-0.1, -0.05) is 6.92 Å². The number of nitrogens with one attached hydrogen (secondary N) is 1. The number of benzene rings is 1. The van der Waals surface area contributed by atoms with Gasteiger partial charge in [0.2, 0.25) is 11.9 Å². The lowest BCUT2D eigenvalue weighted by Gasteiger charge is -2.46. The molecule has 0 unspecified atom stereocenters. The first-order valence-electron chi connectivity index (χ1n) is 13.3. The molecule has 0 radical (unpaired) electrons. The standard InChI is InChI=1S/C28H38N6O3/c1-18-24(31-26-29-11-6-12-30-26)22-17-21(9-10-23(22)34(19(2)35)25(18)20-7-8-20)32-13-15-33(16-14-32)27(36)37-28(3,4)5/h6,9-12,17-18,20,24-25H,7-8,13-16H2,1-5H3,(H,29,30,31)/t18-,24-,25-/m1/s1. The number of hydrogen-bond acceptors (Lipinski definition) is 7. The molecule has 1 aromatic carbocycles. The molecule has 3 aliphatic rings. The van der Waals surface area contributed by atoms with Crippen molar-refractivity contribution in [2.45, 2.75) is 65.1 Å². The highest BCUT2D eigenvalue weighted by Gasteiger charge is 2.47. The van der Waals surface area contributed by atoms with Crippen molar-refractivity contribution in [2.24, 2.45) is 11.8 Å². The van der Waals surface area contributed by atoms with Crippen LogP contribution in [-0.4, -0.2) is 64.7 Å². The summed E-state index contributed by atoms with van der Waals surface area (Å²) in [5.41, 5.74) is 2.63. The second kappa shape index (κ2) is 9.84. The summed E-state index contributed by atoms with van der Waals surface area (Å²) in [6.45, 7) is 12.2. The molecule has 3 atom stereocenters. The maximum Gasteiger partial charge on any atom is 0.410 e. The first kappa shape index (κ1) is 25.3. The molecule has 2 aromatic rings. The van der Waals surface area contributed by atoms with Crippen molar-refractivity contribution in [3.05, 3.63) is 42.2 Å². The molecule has 9 heteroatoms. The lowest BCUT2D eigenvalue weighted by molar-refractivity contribution is -0.117. The van der Waals surface area contributed by atoms with E-state index in [9.17, 15) is 9.59 Å². The van der Waals surface area contributed by atoms with Crippen LogP contribution >= 0.6 is 0 Å². The van der Waals surface area contributed by atoms with E-state index in [2.05, 4.69) is 45.3 Å². The van der Waals surface area contributed by atoms with Crippen molar-refractivity contribution in [3.63, 3.8) is 0 Å². The molecule has 2 aliphatic heterocycles. The van der Waals surface area contributed by atoms with Gasteiger partial charge in [-0.25, -0.2) is 14.8 Å². The minimum atomic E-state index is -0.505. The third-order valence-electron chi connectivity index (χ3n) is 7.56. The molecule has 1 saturated carbocycles. The van der Waals surface area contributed by atoms with Crippen LogP contribution in [0.15, 0.2) is 36.7 Å². The van der Waals surface area contributed by atoms with Gasteiger partial charge in [0.25, 0.3) is 0 Å². The highest BCUT2D eigenvalue weighted by Crippen LogP contribution is 2.50. The number of piperazine rings is 1. The fourth-order valence-corrected chi connectivity index (χ4v) is 5.74. The van der Waals surface area contributed by atoms with Gasteiger partial charge in [0.1, 0.15) is 5.60 Å². The Bertz CT molecular complexity index is 1140. The Morgan fingerprint density at radius 1 is 1.05 bits per heavy atom. The number of amides is 2. The molecule has 9 nitrogen and oxygen atoms in total. The average molecular weight is 507 g/mol. The SMILES string of the molecule is CC(=O)N1c2ccc(N3CCN(C(=O)OC(C)(C)C)CC3)cc2[C@H](Nc2ncccn2)[C@@H](C)[C@@H]1C1CC1. The topological polar surface area (TPSA) is 90.9 Å². The van der Waals surface area contributed by atoms with E-state index < -0.39 is 5.60 Å². The van der Waals surface area contributed by atoms with Gasteiger partial charge >= 0.3 is 6.09 Å². The molecule has 1 aliphatic carbocycles. The normalized spacial score (nSPS) is 23.9. The Kier molecular flexibility index (Phi) is 6.72. The molecule has 37 heavy (non-hydrogen) atoms. The molecule has 1 aromatic heterocycles. The van der Waals surface area contributed by atoms with E-state index in [4.69, 9.17) is 4.74 Å². The molecular formula is C28H38N6O3. The summed E-state index contributed by atoms with van der Waals surface area (Å²) in [7, 11) is 0. The van der Waals surface area contributed by atoms with E-state index in [1.165, 1.54) is 0 Å². The fourth-order valence-electron chi connectivity index (χ4n) is 5.74. The van der Waals surface area contributed by atoms with Crippen molar-refractivity contribution in [3.8, 4) is 0 Å². The third-order valence-corrected chi connectivity index (χ3v) is 7.56. The zero-order chi connectivity index (χ0) is 26.3. The van der Waals surface area contributed by atoms with Gasteiger partial charge in [0.15, 0.2) is 0 Å². The van der Waals surface area contributed by atoms with E-state index >= 15 is 0 Å². The summed E-state index contributed by atoms with van der Waals surface area (Å²) < 4.78 is 5.55. The molecule has 0 bridgehead atoms. The number of carbonyl (C=O) groups excluding carboxylic acids is 2. The zero-order valence-corrected chi connectivity index (χ0v) is 22.5. The molecule has 2 amide bonds. The first-order valence-corrected chi connectivity index (χ1v) is 13.3. The Morgan fingerprint density at radius 3 is 2.32 bits per heavy atom. The van der Waals surface area contributed by atoms with Crippen LogP contribution in [0.3, 0.4) is 0 Å². The number of rotatable bonds is 4. The van der Waals surface area contributed by atoms with Crippen LogP contribution in [-0.2, 0) is 9.53 Å². The van der Waals surface area contributed by atoms with E-state index in [0.717, 1.165) is 29.8 Å². The maximum absolute atomic E-state index is 12.9. The number of hydrogen-bond donors (Lipinski definition) is 1. The molecule has 3 heterocycles. The lowest BCUT2D eigenvalue weighted by atomic mass is 9.79. The molecule has 1 N–H and O–H groups in total. The molecule has 1 saturated heterocycles. The second-order valence-corrected chi connectivity index (χ2v) is 11.5. The summed E-state index contributed by atoms with van der Waals surface area (Å²) in [5.74, 6) is 1.38.